The molecule has 1 aliphatic rings. The smallest absolute Gasteiger partial charge is 0.331 e. The minimum atomic E-state index is -0.406. The maximum absolute atomic E-state index is 13.5. The van der Waals surface area contributed by atoms with Gasteiger partial charge in [-0.15, -0.1) is 0 Å². The van der Waals surface area contributed by atoms with Crippen molar-refractivity contribution in [2.75, 3.05) is 13.2 Å². The fourth-order valence-electron chi connectivity index (χ4n) is 1.78. The molecular formula is C13H13FO3. The molecule has 0 saturated carbocycles. The highest BCUT2D eigenvalue weighted by molar-refractivity contribution is 5.92. The molecule has 3 nitrogen and oxygen atoms in total. The fraction of sp³-hybridized carbons (Fsp3) is 0.308. The topological polar surface area (TPSA) is 35.5 Å². The van der Waals surface area contributed by atoms with E-state index in [0.717, 1.165) is 5.57 Å². The van der Waals surface area contributed by atoms with Crippen molar-refractivity contribution >= 4 is 11.5 Å². The SMILES string of the molecule is CCOC(=O)/C=C1\CCOc2c(F)cccc21. The summed E-state index contributed by atoms with van der Waals surface area (Å²) >= 11 is 0. The van der Waals surface area contributed by atoms with Crippen molar-refractivity contribution in [2.24, 2.45) is 0 Å². The van der Waals surface area contributed by atoms with E-state index in [1.54, 1.807) is 19.1 Å². The zero-order chi connectivity index (χ0) is 12.3. The number of ether oxygens (including phenoxy) is 2. The summed E-state index contributed by atoms with van der Waals surface area (Å²) in [7, 11) is 0. The van der Waals surface area contributed by atoms with E-state index in [4.69, 9.17) is 9.47 Å². The summed E-state index contributed by atoms with van der Waals surface area (Å²) in [6, 6.07) is 4.68. The minimum Gasteiger partial charge on any atom is -0.490 e. The van der Waals surface area contributed by atoms with E-state index in [2.05, 4.69) is 0 Å². The Morgan fingerprint density at radius 1 is 1.59 bits per heavy atom. The predicted octanol–water partition coefficient (Wildman–Crippen LogP) is 2.55. The van der Waals surface area contributed by atoms with Crippen molar-refractivity contribution in [3.63, 3.8) is 0 Å². The monoisotopic (exact) mass is 236 g/mol. The average molecular weight is 236 g/mol. The predicted molar refractivity (Wildman–Crippen MR) is 61.1 cm³/mol. The number of hydrogen-bond acceptors (Lipinski definition) is 3. The highest BCUT2D eigenvalue weighted by atomic mass is 19.1. The molecule has 1 aromatic carbocycles. The van der Waals surface area contributed by atoms with Crippen molar-refractivity contribution < 1.29 is 18.7 Å². The molecule has 1 aromatic rings. The summed E-state index contributed by atoms with van der Waals surface area (Å²) in [4.78, 5) is 11.4. The Labute approximate surface area is 98.8 Å². The lowest BCUT2D eigenvalue weighted by atomic mass is 9.99. The number of carbonyl (C=O) groups excluding carboxylic acids is 1. The van der Waals surface area contributed by atoms with Crippen LogP contribution in [0.3, 0.4) is 0 Å². The van der Waals surface area contributed by atoms with Crippen LogP contribution in [0.1, 0.15) is 18.9 Å². The zero-order valence-corrected chi connectivity index (χ0v) is 9.53. The number of para-hydroxylation sites is 1. The molecule has 0 saturated heterocycles. The second-order valence-electron chi connectivity index (χ2n) is 3.64. The van der Waals surface area contributed by atoms with Gasteiger partial charge in [-0.3, -0.25) is 0 Å². The Bertz CT molecular complexity index is 466. The molecule has 0 amide bonds. The first-order valence-electron chi connectivity index (χ1n) is 5.51. The lowest BCUT2D eigenvalue weighted by Gasteiger charge is -2.20. The molecule has 0 atom stereocenters. The van der Waals surface area contributed by atoms with Crippen LogP contribution >= 0.6 is 0 Å². The molecule has 0 bridgehead atoms. The quantitative estimate of drug-likeness (QED) is 0.584. The third kappa shape index (κ3) is 2.46. The van der Waals surface area contributed by atoms with Gasteiger partial charge in [0.1, 0.15) is 0 Å². The normalized spacial score (nSPS) is 16.2. The fourth-order valence-corrected chi connectivity index (χ4v) is 1.78. The van der Waals surface area contributed by atoms with Crippen molar-refractivity contribution in [3.05, 3.63) is 35.7 Å². The summed E-state index contributed by atoms with van der Waals surface area (Å²) < 4.78 is 23.6. The van der Waals surface area contributed by atoms with Gasteiger partial charge in [0.15, 0.2) is 11.6 Å². The first-order valence-corrected chi connectivity index (χ1v) is 5.51. The van der Waals surface area contributed by atoms with Crippen molar-refractivity contribution in [2.45, 2.75) is 13.3 Å². The van der Waals surface area contributed by atoms with Gasteiger partial charge in [-0.25, -0.2) is 9.18 Å². The molecule has 0 N–H and O–H groups in total. The molecular weight excluding hydrogens is 223 g/mol. The summed E-state index contributed by atoms with van der Waals surface area (Å²) in [5, 5.41) is 0. The number of rotatable bonds is 2. The Kier molecular flexibility index (Phi) is 3.42. The highest BCUT2D eigenvalue weighted by Gasteiger charge is 2.19. The van der Waals surface area contributed by atoms with E-state index >= 15 is 0 Å². The second-order valence-corrected chi connectivity index (χ2v) is 3.64. The largest absolute Gasteiger partial charge is 0.490 e. The second kappa shape index (κ2) is 4.99. The van der Waals surface area contributed by atoms with Crippen LogP contribution in [-0.4, -0.2) is 19.2 Å². The van der Waals surface area contributed by atoms with E-state index in [0.29, 0.717) is 25.2 Å². The van der Waals surface area contributed by atoms with E-state index in [1.165, 1.54) is 12.1 Å². The number of esters is 1. The van der Waals surface area contributed by atoms with Gasteiger partial charge in [-0.05, 0) is 18.6 Å². The first kappa shape index (κ1) is 11.6. The van der Waals surface area contributed by atoms with Crippen LogP contribution in [0.4, 0.5) is 4.39 Å². The molecule has 0 spiro atoms. The van der Waals surface area contributed by atoms with E-state index in [-0.39, 0.29) is 5.75 Å². The van der Waals surface area contributed by atoms with E-state index in [9.17, 15) is 9.18 Å². The van der Waals surface area contributed by atoms with Crippen LogP contribution < -0.4 is 4.74 Å². The van der Waals surface area contributed by atoms with E-state index in [1.807, 2.05) is 0 Å². The zero-order valence-electron chi connectivity index (χ0n) is 9.53. The number of halogens is 1. The Morgan fingerprint density at radius 3 is 3.18 bits per heavy atom. The third-order valence-corrected chi connectivity index (χ3v) is 2.51. The molecule has 0 unspecified atom stereocenters. The van der Waals surface area contributed by atoms with Gasteiger partial charge in [-0.2, -0.15) is 0 Å². The first-order chi connectivity index (χ1) is 8.22. The number of carbonyl (C=O) groups is 1. The van der Waals surface area contributed by atoms with Crippen molar-refractivity contribution in [1.29, 1.82) is 0 Å². The molecule has 17 heavy (non-hydrogen) atoms. The molecule has 2 rings (SSSR count). The molecule has 1 aliphatic heterocycles. The number of benzene rings is 1. The van der Waals surface area contributed by atoms with Gasteiger partial charge >= 0.3 is 5.97 Å². The summed E-state index contributed by atoms with van der Waals surface area (Å²) in [6.07, 6.45) is 1.99. The lowest BCUT2D eigenvalue weighted by molar-refractivity contribution is -0.137. The summed E-state index contributed by atoms with van der Waals surface area (Å²) in [5.41, 5.74) is 1.38. The van der Waals surface area contributed by atoms with Gasteiger partial charge in [0.05, 0.1) is 13.2 Å². The van der Waals surface area contributed by atoms with Crippen LogP contribution in [0.2, 0.25) is 0 Å². The van der Waals surface area contributed by atoms with Crippen molar-refractivity contribution in [1.82, 2.24) is 0 Å². The molecule has 90 valence electrons. The van der Waals surface area contributed by atoms with Gasteiger partial charge in [0.2, 0.25) is 0 Å². The number of hydrogen-bond donors (Lipinski definition) is 0. The molecule has 0 aromatic heterocycles. The Hall–Kier alpha value is -1.84. The molecule has 0 radical (unpaired) electrons. The maximum Gasteiger partial charge on any atom is 0.331 e. The van der Waals surface area contributed by atoms with Gasteiger partial charge in [0.25, 0.3) is 0 Å². The molecule has 4 heteroatoms. The highest BCUT2D eigenvalue weighted by Crippen LogP contribution is 2.34. The number of fused-ring (bicyclic) bond motifs is 1. The lowest BCUT2D eigenvalue weighted by Crippen LogP contribution is -2.11. The van der Waals surface area contributed by atoms with Crippen LogP contribution in [0, 0.1) is 5.82 Å². The summed E-state index contributed by atoms with van der Waals surface area (Å²) in [6.45, 7) is 2.45. The Balaban J connectivity index is 2.35. The third-order valence-electron chi connectivity index (χ3n) is 2.51. The molecule has 0 fully saturated rings. The van der Waals surface area contributed by atoms with Crippen LogP contribution in [0.25, 0.3) is 5.57 Å². The standard InChI is InChI=1S/C13H13FO3/c1-2-16-12(15)8-9-6-7-17-13-10(9)4-3-5-11(13)14/h3-5,8H,2,6-7H2,1H3/b9-8+. The van der Waals surface area contributed by atoms with E-state index < -0.39 is 11.8 Å². The van der Waals surface area contributed by atoms with Crippen molar-refractivity contribution in [3.8, 4) is 5.75 Å². The minimum absolute atomic E-state index is 0.217. The molecule has 0 aliphatic carbocycles. The molecule has 1 heterocycles. The average Bonchev–Trinajstić information content (AvgIpc) is 2.31. The Morgan fingerprint density at radius 2 is 2.41 bits per heavy atom. The van der Waals surface area contributed by atoms with Gasteiger partial charge < -0.3 is 9.47 Å². The van der Waals surface area contributed by atoms with Crippen LogP contribution in [0.5, 0.6) is 5.75 Å². The maximum atomic E-state index is 13.5. The van der Waals surface area contributed by atoms with Crippen LogP contribution in [0.15, 0.2) is 24.3 Å². The summed E-state index contributed by atoms with van der Waals surface area (Å²) in [5.74, 6) is -0.592. The van der Waals surface area contributed by atoms with Gasteiger partial charge in [0, 0.05) is 18.1 Å². The van der Waals surface area contributed by atoms with Gasteiger partial charge in [-0.1, -0.05) is 12.1 Å². The van der Waals surface area contributed by atoms with Crippen LogP contribution in [-0.2, 0) is 9.53 Å².